The minimum Gasteiger partial charge on any atom is -0.295 e. The van der Waals surface area contributed by atoms with Gasteiger partial charge in [-0.15, -0.1) is 0 Å². The Kier molecular flexibility index (Phi) is 5.20. The lowest BCUT2D eigenvalue weighted by Gasteiger charge is -2.33. The minimum atomic E-state index is 0.965. The van der Waals surface area contributed by atoms with Gasteiger partial charge < -0.3 is 0 Å². The molecular weight excluding hydrogens is 366 g/mol. The molecule has 1 aliphatic heterocycles. The number of hydrogen-bond donors (Lipinski definition) is 0. The van der Waals surface area contributed by atoms with Crippen LogP contribution in [-0.2, 0) is 6.54 Å². The Morgan fingerprint density at radius 1 is 0.700 bits per heavy atom. The third kappa shape index (κ3) is 3.81. The maximum absolute atomic E-state index is 4.97. The van der Waals surface area contributed by atoms with Crippen LogP contribution in [0.3, 0.4) is 0 Å². The van der Waals surface area contributed by atoms with Crippen molar-refractivity contribution in [1.82, 2.24) is 9.91 Å². The molecule has 1 heterocycles. The first-order chi connectivity index (χ1) is 14.8. The van der Waals surface area contributed by atoms with Crippen molar-refractivity contribution in [3.05, 3.63) is 96.1 Å². The van der Waals surface area contributed by atoms with Crippen molar-refractivity contribution in [1.29, 1.82) is 0 Å². The average Bonchev–Trinajstić information content (AvgIpc) is 2.80. The molecule has 0 aliphatic carbocycles. The van der Waals surface area contributed by atoms with Gasteiger partial charge in [0.05, 0.1) is 5.71 Å². The highest BCUT2D eigenvalue weighted by Crippen LogP contribution is 2.22. The number of rotatable bonds is 4. The number of benzene rings is 4. The second kappa shape index (κ2) is 8.29. The molecule has 3 heteroatoms. The van der Waals surface area contributed by atoms with E-state index in [1.54, 1.807) is 0 Å². The van der Waals surface area contributed by atoms with Crippen molar-refractivity contribution in [3.8, 4) is 0 Å². The van der Waals surface area contributed by atoms with Crippen LogP contribution in [0.2, 0.25) is 0 Å². The predicted molar refractivity (Wildman–Crippen MR) is 127 cm³/mol. The third-order valence-corrected chi connectivity index (χ3v) is 6.09. The van der Waals surface area contributed by atoms with Gasteiger partial charge in [-0.3, -0.25) is 9.91 Å². The van der Waals surface area contributed by atoms with Gasteiger partial charge in [-0.1, -0.05) is 84.9 Å². The molecule has 0 N–H and O–H groups in total. The van der Waals surface area contributed by atoms with E-state index in [2.05, 4.69) is 102 Å². The molecule has 30 heavy (non-hydrogen) atoms. The molecule has 1 fully saturated rings. The minimum absolute atomic E-state index is 0.965. The molecule has 1 saturated heterocycles. The first kappa shape index (κ1) is 18.8. The zero-order valence-corrected chi connectivity index (χ0v) is 17.5. The van der Waals surface area contributed by atoms with Gasteiger partial charge in [0.1, 0.15) is 0 Å². The lowest BCUT2D eigenvalue weighted by atomic mass is 10.0. The Bertz CT molecular complexity index is 1190. The van der Waals surface area contributed by atoms with Crippen LogP contribution in [0.25, 0.3) is 21.5 Å². The quantitative estimate of drug-likeness (QED) is 0.424. The van der Waals surface area contributed by atoms with Crippen LogP contribution in [0.4, 0.5) is 0 Å². The SMILES string of the molecule is CC(=NN1CCN(Cc2cccc3ccccc23)CC1)c1cccc2ccccc12. The van der Waals surface area contributed by atoms with E-state index in [9.17, 15) is 0 Å². The van der Waals surface area contributed by atoms with E-state index >= 15 is 0 Å². The Hall–Kier alpha value is -3.17. The van der Waals surface area contributed by atoms with Gasteiger partial charge in [-0.25, -0.2) is 0 Å². The summed E-state index contributed by atoms with van der Waals surface area (Å²) in [5, 5.41) is 12.4. The van der Waals surface area contributed by atoms with Gasteiger partial charge >= 0.3 is 0 Å². The number of nitrogens with zero attached hydrogens (tertiary/aromatic N) is 3. The maximum Gasteiger partial charge on any atom is 0.0652 e. The summed E-state index contributed by atoms with van der Waals surface area (Å²) in [5.41, 5.74) is 3.73. The summed E-state index contributed by atoms with van der Waals surface area (Å²) in [4.78, 5) is 2.54. The van der Waals surface area contributed by atoms with Crippen LogP contribution in [0.5, 0.6) is 0 Å². The topological polar surface area (TPSA) is 18.8 Å². The van der Waals surface area contributed by atoms with Crippen LogP contribution in [-0.4, -0.2) is 41.8 Å². The summed E-state index contributed by atoms with van der Waals surface area (Å²) in [7, 11) is 0. The van der Waals surface area contributed by atoms with E-state index in [1.165, 1.54) is 32.7 Å². The lowest BCUT2D eigenvalue weighted by Crippen LogP contribution is -2.43. The highest BCUT2D eigenvalue weighted by atomic mass is 15.5. The molecule has 0 radical (unpaired) electrons. The monoisotopic (exact) mass is 393 g/mol. The average molecular weight is 394 g/mol. The van der Waals surface area contributed by atoms with Crippen molar-refractivity contribution < 1.29 is 0 Å². The van der Waals surface area contributed by atoms with Crippen LogP contribution in [0, 0.1) is 0 Å². The van der Waals surface area contributed by atoms with E-state index in [0.717, 1.165) is 38.4 Å². The van der Waals surface area contributed by atoms with Crippen LogP contribution < -0.4 is 0 Å². The van der Waals surface area contributed by atoms with E-state index < -0.39 is 0 Å². The summed E-state index contributed by atoms with van der Waals surface area (Å²) < 4.78 is 0. The molecule has 4 aromatic carbocycles. The van der Waals surface area contributed by atoms with E-state index in [1.807, 2.05) is 0 Å². The molecule has 0 amide bonds. The number of fused-ring (bicyclic) bond motifs is 2. The molecule has 0 atom stereocenters. The highest BCUT2D eigenvalue weighted by Gasteiger charge is 2.17. The highest BCUT2D eigenvalue weighted by molar-refractivity contribution is 6.09. The van der Waals surface area contributed by atoms with Crippen molar-refractivity contribution >= 4 is 27.3 Å². The Balaban J connectivity index is 1.28. The van der Waals surface area contributed by atoms with Crippen molar-refractivity contribution in [2.45, 2.75) is 13.5 Å². The molecule has 5 rings (SSSR count). The molecular formula is C27H27N3. The zero-order chi connectivity index (χ0) is 20.3. The molecule has 0 unspecified atom stereocenters. The molecule has 4 aromatic rings. The molecule has 0 saturated carbocycles. The first-order valence-electron chi connectivity index (χ1n) is 10.8. The van der Waals surface area contributed by atoms with Gasteiger partial charge in [0.15, 0.2) is 0 Å². The summed E-state index contributed by atoms with van der Waals surface area (Å²) in [6.45, 7) is 7.14. The van der Waals surface area contributed by atoms with Crippen molar-refractivity contribution in [2.75, 3.05) is 26.2 Å². The lowest BCUT2D eigenvalue weighted by molar-refractivity contribution is 0.131. The molecule has 0 aromatic heterocycles. The summed E-state index contributed by atoms with van der Waals surface area (Å²) >= 11 is 0. The molecule has 0 bridgehead atoms. The Labute approximate surface area is 178 Å². The third-order valence-electron chi connectivity index (χ3n) is 6.09. The largest absolute Gasteiger partial charge is 0.295 e. The maximum atomic E-state index is 4.97. The van der Waals surface area contributed by atoms with Crippen molar-refractivity contribution in [3.63, 3.8) is 0 Å². The second-order valence-corrected chi connectivity index (χ2v) is 8.08. The Morgan fingerprint density at radius 3 is 2.07 bits per heavy atom. The molecule has 0 spiro atoms. The zero-order valence-electron chi connectivity index (χ0n) is 17.5. The van der Waals surface area contributed by atoms with Gasteiger partial charge in [0.2, 0.25) is 0 Å². The predicted octanol–water partition coefficient (Wildman–Crippen LogP) is 5.53. The fraction of sp³-hybridized carbons (Fsp3) is 0.222. The fourth-order valence-corrected chi connectivity index (χ4v) is 4.47. The van der Waals surface area contributed by atoms with Gasteiger partial charge in [0.25, 0.3) is 0 Å². The smallest absolute Gasteiger partial charge is 0.0652 e. The summed E-state index contributed by atoms with van der Waals surface area (Å²) in [6, 6.07) is 30.3. The second-order valence-electron chi connectivity index (χ2n) is 8.08. The van der Waals surface area contributed by atoms with Crippen molar-refractivity contribution in [2.24, 2.45) is 5.10 Å². The number of hydrazone groups is 1. The van der Waals surface area contributed by atoms with E-state index in [4.69, 9.17) is 5.10 Å². The molecule has 150 valence electrons. The van der Waals surface area contributed by atoms with Crippen LogP contribution in [0.15, 0.2) is 90.0 Å². The van der Waals surface area contributed by atoms with Gasteiger partial charge in [0, 0.05) is 38.3 Å². The normalized spacial score (nSPS) is 15.8. The number of piperazine rings is 1. The summed E-state index contributed by atoms with van der Waals surface area (Å²) in [5.74, 6) is 0. The molecule has 1 aliphatic rings. The molecule has 3 nitrogen and oxygen atoms in total. The van der Waals surface area contributed by atoms with Gasteiger partial charge in [-0.05, 0) is 34.0 Å². The van der Waals surface area contributed by atoms with Crippen LogP contribution in [0.1, 0.15) is 18.1 Å². The number of hydrogen-bond acceptors (Lipinski definition) is 3. The van der Waals surface area contributed by atoms with E-state index in [-0.39, 0.29) is 0 Å². The summed E-state index contributed by atoms with van der Waals surface area (Å²) in [6.07, 6.45) is 0. The standard InChI is InChI=1S/C27H27N3/c1-21(25-15-7-11-23-9-3-5-14-27(23)25)28-30-18-16-29(17-19-30)20-24-12-6-10-22-8-2-4-13-26(22)24/h2-15H,16-20H2,1H3. The Morgan fingerprint density at radius 2 is 1.30 bits per heavy atom. The fourth-order valence-electron chi connectivity index (χ4n) is 4.47. The van der Waals surface area contributed by atoms with E-state index in [0.29, 0.717) is 0 Å². The van der Waals surface area contributed by atoms with Crippen LogP contribution >= 0.6 is 0 Å². The van der Waals surface area contributed by atoms with Gasteiger partial charge in [-0.2, -0.15) is 5.10 Å². The first-order valence-corrected chi connectivity index (χ1v) is 10.8.